The molecule has 7 heteroatoms. The molecule has 0 unspecified atom stereocenters. The molecule has 0 bridgehead atoms. The van der Waals surface area contributed by atoms with Crippen molar-refractivity contribution in [3.63, 3.8) is 0 Å². The van der Waals surface area contributed by atoms with E-state index in [1.165, 1.54) is 5.56 Å². The molecule has 2 N–H and O–H groups in total. The lowest BCUT2D eigenvalue weighted by molar-refractivity contribution is 0.305. The van der Waals surface area contributed by atoms with E-state index in [1.807, 2.05) is 36.4 Å². The van der Waals surface area contributed by atoms with E-state index in [0.717, 1.165) is 16.9 Å². The predicted molar refractivity (Wildman–Crippen MR) is 101 cm³/mol. The molecular formula is C19H19N5O2. The molecule has 26 heavy (non-hydrogen) atoms. The Morgan fingerprint density at radius 1 is 1.15 bits per heavy atom. The lowest BCUT2D eigenvalue weighted by atomic mass is 10.1. The van der Waals surface area contributed by atoms with Crippen LogP contribution in [0.1, 0.15) is 22.4 Å². The van der Waals surface area contributed by atoms with Crippen LogP contribution in [0.3, 0.4) is 0 Å². The van der Waals surface area contributed by atoms with E-state index in [2.05, 4.69) is 44.8 Å². The molecule has 0 fully saturated rings. The fourth-order valence-corrected chi connectivity index (χ4v) is 2.25. The fourth-order valence-electron chi connectivity index (χ4n) is 2.25. The molecule has 3 rings (SSSR count). The summed E-state index contributed by atoms with van der Waals surface area (Å²) in [5, 5.41) is 10.2. The van der Waals surface area contributed by atoms with E-state index in [4.69, 9.17) is 4.74 Å². The number of hydrazone groups is 1. The second-order valence-electron chi connectivity index (χ2n) is 5.73. The van der Waals surface area contributed by atoms with Gasteiger partial charge in [0.15, 0.2) is 5.82 Å². The third-order valence-electron chi connectivity index (χ3n) is 3.80. The van der Waals surface area contributed by atoms with Gasteiger partial charge in [0.25, 0.3) is 0 Å². The van der Waals surface area contributed by atoms with Crippen LogP contribution < -0.4 is 15.9 Å². The molecule has 0 aliphatic rings. The highest BCUT2D eigenvalue weighted by Gasteiger charge is 2.01. The van der Waals surface area contributed by atoms with Crippen molar-refractivity contribution < 1.29 is 4.74 Å². The van der Waals surface area contributed by atoms with E-state index >= 15 is 0 Å². The first-order valence-electron chi connectivity index (χ1n) is 8.11. The number of aryl methyl sites for hydroxylation is 2. The van der Waals surface area contributed by atoms with Crippen LogP contribution in [0.15, 0.2) is 58.4 Å². The Balaban J connectivity index is 1.58. The number of nitrogens with one attached hydrogen (secondary N) is 2. The van der Waals surface area contributed by atoms with Crippen molar-refractivity contribution in [2.75, 3.05) is 5.43 Å². The highest BCUT2D eigenvalue weighted by atomic mass is 16.5. The molecular weight excluding hydrogens is 330 g/mol. The number of anilines is 1. The first kappa shape index (κ1) is 17.3. The minimum Gasteiger partial charge on any atom is -0.489 e. The normalized spacial score (nSPS) is 10.8. The number of hydrogen-bond donors (Lipinski definition) is 2. The number of benzene rings is 2. The number of hydrogen-bond acceptors (Lipinski definition) is 6. The largest absolute Gasteiger partial charge is 0.489 e. The van der Waals surface area contributed by atoms with Crippen LogP contribution in [-0.2, 0) is 6.61 Å². The third kappa shape index (κ3) is 4.54. The van der Waals surface area contributed by atoms with Crippen LogP contribution >= 0.6 is 0 Å². The number of ether oxygens (including phenoxy) is 1. The van der Waals surface area contributed by atoms with Crippen LogP contribution in [-0.4, -0.2) is 21.4 Å². The Kier molecular flexibility index (Phi) is 5.38. The van der Waals surface area contributed by atoms with Crippen molar-refractivity contribution in [3.8, 4) is 5.75 Å². The first-order chi connectivity index (χ1) is 12.6. The Labute approximate surface area is 150 Å². The number of rotatable bonds is 6. The smallest absolute Gasteiger partial charge is 0.363 e. The summed E-state index contributed by atoms with van der Waals surface area (Å²) < 4.78 is 5.81. The minimum absolute atomic E-state index is 0.322. The zero-order chi connectivity index (χ0) is 18.4. The molecule has 132 valence electrons. The molecule has 1 heterocycles. The molecule has 3 aromatic rings. The van der Waals surface area contributed by atoms with Gasteiger partial charge in [0.2, 0.25) is 0 Å². The summed E-state index contributed by atoms with van der Waals surface area (Å²) in [6, 6.07) is 15.7. The van der Waals surface area contributed by atoms with Gasteiger partial charge in [-0.05, 0) is 54.8 Å². The van der Waals surface area contributed by atoms with Gasteiger partial charge in [0.1, 0.15) is 18.1 Å². The summed E-state index contributed by atoms with van der Waals surface area (Å²) in [7, 11) is 0. The van der Waals surface area contributed by atoms with Crippen molar-refractivity contribution in [3.05, 3.63) is 81.4 Å². The van der Waals surface area contributed by atoms with Crippen molar-refractivity contribution >= 4 is 12.0 Å². The minimum atomic E-state index is -0.525. The summed E-state index contributed by atoms with van der Waals surface area (Å²) in [6.45, 7) is 4.32. The van der Waals surface area contributed by atoms with Crippen molar-refractivity contribution in [1.82, 2.24) is 15.2 Å². The van der Waals surface area contributed by atoms with Gasteiger partial charge in [-0.3, -0.25) is 5.43 Å². The molecule has 2 aromatic carbocycles. The lowest BCUT2D eigenvalue weighted by Gasteiger charge is -2.08. The van der Waals surface area contributed by atoms with Crippen molar-refractivity contribution in [2.24, 2.45) is 5.10 Å². The summed E-state index contributed by atoms with van der Waals surface area (Å²) >= 11 is 0. The lowest BCUT2D eigenvalue weighted by Crippen LogP contribution is -2.15. The topological polar surface area (TPSA) is 92.3 Å². The van der Waals surface area contributed by atoms with Crippen molar-refractivity contribution in [2.45, 2.75) is 20.5 Å². The van der Waals surface area contributed by atoms with E-state index in [1.54, 1.807) is 13.1 Å². The molecule has 0 aliphatic heterocycles. The maximum Gasteiger partial charge on any atom is 0.363 e. The van der Waals surface area contributed by atoms with Gasteiger partial charge in [0.05, 0.1) is 6.21 Å². The Morgan fingerprint density at radius 3 is 2.69 bits per heavy atom. The van der Waals surface area contributed by atoms with Gasteiger partial charge >= 0.3 is 5.69 Å². The molecule has 0 saturated carbocycles. The van der Waals surface area contributed by atoms with Crippen LogP contribution in [0.5, 0.6) is 5.75 Å². The van der Waals surface area contributed by atoms with Crippen molar-refractivity contribution in [1.29, 1.82) is 0 Å². The zero-order valence-corrected chi connectivity index (χ0v) is 14.6. The van der Waals surface area contributed by atoms with Crippen LogP contribution in [0.2, 0.25) is 0 Å². The average molecular weight is 349 g/mol. The molecule has 7 nitrogen and oxygen atoms in total. The Morgan fingerprint density at radius 2 is 1.92 bits per heavy atom. The molecule has 0 saturated heterocycles. The Hall–Kier alpha value is -3.48. The van der Waals surface area contributed by atoms with Crippen LogP contribution in [0.25, 0.3) is 0 Å². The zero-order valence-electron chi connectivity index (χ0n) is 14.6. The van der Waals surface area contributed by atoms with Gasteiger partial charge in [-0.15, -0.1) is 0 Å². The maximum atomic E-state index is 11.2. The maximum absolute atomic E-state index is 11.2. The number of aromatic amines is 1. The fraction of sp³-hybridized carbons (Fsp3) is 0.158. The molecule has 0 spiro atoms. The molecule has 0 amide bonds. The SMILES string of the molecule is Cc1ccccc1COc1ccc(/C=N\Nc2nc(=O)[nH]nc2C)cc1. The third-order valence-corrected chi connectivity index (χ3v) is 3.80. The van der Waals surface area contributed by atoms with Crippen LogP contribution in [0.4, 0.5) is 5.82 Å². The Bertz CT molecular complexity index is 964. The predicted octanol–water partition coefficient (Wildman–Crippen LogP) is 2.81. The van der Waals surface area contributed by atoms with Gasteiger partial charge in [-0.25, -0.2) is 9.89 Å². The van der Waals surface area contributed by atoms with Gasteiger partial charge in [-0.1, -0.05) is 24.3 Å². The highest BCUT2D eigenvalue weighted by molar-refractivity contribution is 5.80. The summed E-state index contributed by atoms with van der Waals surface area (Å²) in [5.41, 5.74) is 6.00. The second kappa shape index (κ2) is 8.06. The van der Waals surface area contributed by atoms with Gasteiger partial charge in [0, 0.05) is 0 Å². The van der Waals surface area contributed by atoms with Gasteiger partial charge < -0.3 is 4.74 Å². The standard InChI is InChI=1S/C19H19N5O2/c1-13-5-3-4-6-16(13)12-26-17-9-7-15(8-10-17)11-20-23-18-14(2)22-24-19(25)21-18/h3-11H,12H2,1-2H3,(H2,21,23,24,25)/b20-11-. The summed E-state index contributed by atoms with van der Waals surface area (Å²) in [4.78, 5) is 14.9. The molecule has 0 atom stereocenters. The van der Waals surface area contributed by atoms with E-state index < -0.39 is 5.69 Å². The number of aromatic nitrogens is 3. The molecule has 0 aliphatic carbocycles. The summed E-state index contributed by atoms with van der Waals surface area (Å²) in [5.74, 6) is 1.11. The summed E-state index contributed by atoms with van der Waals surface area (Å²) in [6.07, 6.45) is 1.63. The average Bonchev–Trinajstić information content (AvgIpc) is 2.65. The number of H-pyrrole nitrogens is 1. The monoisotopic (exact) mass is 349 g/mol. The quantitative estimate of drug-likeness (QED) is 0.527. The van der Waals surface area contributed by atoms with Gasteiger partial charge in [-0.2, -0.15) is 15.2 Å². The molecule has 1 aromatic heterocycles. The molecule has 0 radical (unpaired) electrons. The van der Waals surface area contributed by atoms with E-state index in [9.17, 15) is 4.79 Å². The first-order valence-corrected chi connectivity index (χ1v) is 8.11. The van der Waals surface area contributed by atoms with E-state index in [-0.39, 0.29) is 0 Å². The highest BCUT2D eigenvalue weighted by Crippen LogP contribution is 2.15. The number of nitrogens with zero attached hydrogens (tertiary/aromatic N) is 3. The van der Waals surface area contributed by atoms with Crippen LogP contribution in [0, 0.1) is 13.8 Å². The van der Waals surface area contributed by atoms with E-state index in [0.29, 0.717) is 18.1 Å². The second-order valence-corrected chi connectivity index (χ2v) is 5.73.